The van der Waals surface area contributed by atoms with Crippen LogP contribution in [0.5, 0.6) is 0 Å². The minimum Gasteiger partial charge on any atom is -0.365 e. The summed E-state index contributed by atoms with van der Waals surface area (Å²) in [6.45, 7) is 4.34. The van der Waals surface area contributed by atoms with Gasteiger partial charge in [-0.15, -0.1) is 0 Å². The van der Waals surface area contributed by atoms with E-state index in [1.165, 1.54) is 16.4 Å². The molecule has 0 aliphatic heterocycles. The maximum absolute atomic E-state index is 12.7. The van der Waals surface area contributed by atoms with Gasteiger partial charge in [0, 0.05) is 31.5 Å². The van der Waals surface area contributed by atoms with Gasteiger partial charge in [-0.1, -0.05) is 43.6 Å². The summed E-state index contributed by atoms with van der Waals surface area (Å²) in [6, 6.07) is 14.0. The van der Waals surface area contributed by atoms with Gasteiger partial charge in [0.15, 0.2) is 0 Å². The molecule has 0 spiro atoms. The first-order chi connectivity index (χ1) is 12.8. The van der Waals surface area contributed by atoms with Crippen LogP contribution in [-0.4, -0.2) is 45.3 Å². The molecule has 0 saturated carbocycles. The lowest BCUT2D eigenvalue weighted by molar-refractivity contribution is -0.114. The van der Waals surface area contributed by atoms with Gasteiger partial charge < -0.3 is 10.2 Å². The minimum absolute atomic E-state index is 0.0120. The Morgan fingerprint density at radius 2 is 1.70 bits per heavy atom. The number of nitrogens with one attached hydrogen (secondary N) is 1. The summed E-state index contributed by atoms with van der Waals surface area (Å²) in [4.78, 5) is 14.1. The zero-order valence-corrected chi connectivity index (χ0v) is 17.2. The zero-order valence-electron chi connectivity index (χ0n) is 15.6. The smallest absolute Gasteiger partial charge is 0.244 e. The predicted octanol–water partition coefficient (Wildman–Crippen LogP) is 3.45. The Kier molecular flexibility index (Phi) is 7.24. The average Bonchev–Trinajstić information content (AvgIpc) is 2.64. The number of rotatable bonds is 8. The van der Waals surface area contributed by atoms with Crippen molar-refractivity contribution in [2.24, 2.45) is 0 Å². The van der Waals surface area contributed by atoms with Crippen molar-refractivity contribution in [2.45, 2.75) is 18.7 Å². The van der Waals surface area contributed by atoms with Crippen molar-refractivity contribution >= 4 is 38.9 Å². The molecule has 0 aliphatic carbocycles. The van der Waals surface area contributed by atoms with E-state index in [1.807, 2.05) is 37.4 Å². The van der Waals surface area contributed by atoms with Crippen LogP contribution in [0.4, 0.5) is 11.4 Å². The fourth-order valence-corrected chi connectivity index (χ4v) is 4.63. The van der Waals surface area contributed by atoms with Gasteiger partial charge in [0.2, 0.25) is 15.9 Å². The van der Waals surface area contributed by atoms with Crippen LogP contribution in [-0.2, 0) is 14.8 Å². The molecule has 0 unspecified atom stereocenters. The molecule has 1 N–H and O–H groups in total. The number of hydrogen-bond donors (Lipinski definition) is 1. The molecular weight excluding hydrogens is 386 g/mol. The molecule has 2 aromatic rings. The van der Waals surface area contributed by atoms with Crippen LogP contribution in [0.25, 0.3) is 0 Å². The van der Waals surface area contributed by atoms with Crippen LogP contribution in [0.3, 0.4) is 0 Å². The molecule has 0 atom stereocenters. The second-order valence-electron chi connectivity index (χ2n) is 5.97. The molecule has 2 rings (SSSR count). The number of nitrogens with zero attached hydrogens (tertiary/aromatic N) is 2. The van der Waals surface area contributed by atoms with Gasteiger partial charge in [0.25, 0.3) is 0 Å². The number of halogens is 1. The maximum Gasteiger partial charge on any atom is 0.244 e. The van der Waals surface area contributed by atoms with E-state index in [1.54, 1.807) is 24.8 Å². The third kappa shape index (κ3) is 5.22. The van der Waals surface area contributed by atoms with Crippen molar-refractivity contribution in [1.82, 2.24) is 4.31 Å². The molecule has 6 nitrogen and oxygen atoms in total. The number of carbonyl (C=O) groups is 1. The first-order valence-corrected chi connectivity index (χ1v) is 10.5. The zero-order chi connectivity index (χ0) is 20.0. The molecule has 0 fully saturated rings. The standard InChI is InChI=1S/C19H24ClN3O3S/c1-4-23(5-2)27(25,26)18-13-15(11-12-17(18)20)21-19(24)14-22(3)16-9-7-6-8-10-16/h6-13H,4-5,14H2,1-3H3,(H,21,24). The van der Waals surface area contributed by atoms with Gasteiger partial charge in [0.05, 0.1) is 11.6 Å². The number of sulfonamides is 1. The summed E-state index contributed by atoms with van der Waals surface area (Å²) in [5, 5.41) is 2.86. The summed E-state index contributed by atoms with van der Waals surface area (Å²) in [5.74, 6) is -0.255. The van der Waals surface area contributed by atoms with E-state index >= 15 is 0 Å². The molecule has 0 saturated heterocycles. The van der Waals surface area contributed by atoms with E-state index < -0.39 is 10.0 Å². The van der Waals surface area contributed by atoms with Crippen LogP contribution in [0.15, 0.2) is 53.4 Å². The van der Waals surface area contributed by atoms with Crippen molar-refractivity contribution in [3.8, 4) is 0 Å². The number of para-hydroxylation sites is 1. The topological polar surface area (TPSA) is 69.7 Å². The number of benzene rings is 2. The molecule has 0 aromatic heterocycles. The van der Waals surface area contributed by atoms with Crippen LogP contribution in [0.2, 0.25) is 5.02 Å². The number of anilines is 2. The number of likely N-dealkylation sites (N-methyl/N-ethyl adjacent to an activating group) is 1. The normalized spacial score (nSPS) is 11.4. The number of amides is 1. The molecule has 1 amide bonds. The van der Waals surface area contributed by atoms with E-state index in [4.69, 9.17) is 11.6 Å². The van der Waals surface area contributed by atoms with Crippen molar-refractivity contribution in [1.29, 1.82) is 0 Å². The Bertz CT molecular complexity index is 884. The molecule has 0 bridgehead atoms. The lowest BCUT2D eigenvalue weighted by Crippen LogP contribution is -2.31. The van der Waals surface area contributed by atoms with Gasteiger partial charge >= 0.3 is 0 Å². The van der Waals surface area contributed by atoms with Gasteiger partial charge in [-0.2, -0.15) is 4.31 Å². The quantitative estimate of drug-likeness (QED) is 0.725. The highest BCUT2D eigenvalue weighted by Gasteiger charge is 2.25. The van der Waals surface area contributed by atoms with Gasteiger partial charge in [-0.3, -0.25) is 4.79 Å². The van der Waals surface area contributed by atoms with Crippen LogP contribution in [0.1, 0.15) is 13.8 Å². The SMILES string of the molecule is CCN(CC)S(=O)(=O)c1cc(NC(=O)CN(C)c2ccccc2)ccc1Cl. The van der Waals surface area contributed by atoms with E-state index in [9.17, 15) is 13.2 Å². The summed E-state index contributed by atoms with van der Waals surface area (Å²) in [6.07, 6.45) is 0. The van der Waals surface area contributed by atoms with Crippen molar-refractivity contribution < 1.29 is 13.2 Å². The molecule has 0 aliphatic rings. The molecular formula is C19H24ClN3O3S. The highest BCUT2D eigenvalue weighted by molar-refractivity contribution is 7.89. The first-order valence-electron chi connectivity index (χ1n) is 8.65. The lowest BCUT2D eigenvalue weighted by Gasteiger charge is -2.20. The average molecular weight is 410 g/mol. The number of carbonyl (C=O) groups excluding carboxylic acids is 1. The van der Waals surface area contributed by atoms with Crippen LogP contribution >= 0.6 is 11.6 Å². The Balaban J connectivity index is 2.17. The van der Waals surface area contributed by atoms with Gasteiger partial charge in [0.1, 0.15) is 4.90 Å². The van der Waals surface area contributed by atoms with Gasteiger partial charge in [-0.25, -0.2) is 8.42 Å². The van der Waals surface area contributed by atoms with Crippen LogP contribution < -0.4 is 10.2 Å². The molecule has 2 aromatic carbocycles. The van der Waals surface area contributed by atoms with E-state index in [-0.39, 0.29) is 22.4 Å². The Labute approximate surface area is 165 Å². The second-order valence-corrected chi connectivity index (χ2v) is 8.29. The molecule has 8 heteroatoms. The molecule has 0 radical (unpaired) electrons. The largest absolute Gasteiger partial charge is 0.365 e. The fourth-order valence-electron chi connectivity index (χ4n) is 2.67. The Morgan fingerprint density at radius 3 is 2.30 bits per heavy atom. The fraction of sp³-hybridized carbons (Fsp3) is 0.316. The van der Waals surface area contributed by atoms with E-state index in [2.05, 4.69) is 5.32 Å². The van der Waals surface area contributed by atoms with E-state index in [0.717, 1.165) is 5.69 Å². The molecule has 0 heterocycles. The Hall–Kier alpha value is -2.09. The summed E-state index contributed by atoms with van der Waals surface area (Å²) < 4.78 is 26.8. The lowest BCUT2D eigenvalue weighted by atomic mass is 10.3. The van der Waals surface area contributed by atoms with Crippen molar-refractivity contribution in [3.05, 3.63) is 53.6 Å². The molecule has 27 heavy (non-hydrogen) atoms. The highest BCUT2D eigenvalue weighted by Crippen LogP contribution is 2.27. The predicted molar refractivity (Wildman–Crippen MR) is 110 cm³/mol. The molecule has 146 valence electrons. The summed E-state index contributed by atoms with van der Waals surface area (Å²) >= 11 is 6.11. The van der Waals surface area contributed by atoms with Gasteiger partial charge in [-0.05, 0) is 30.3 Å². The third-order valence-electron chi connectivity index (χ3n) is 4.12. The van der Waals surface area contributed by atoms with Crippen molar-refractivity contribution in [3.63, 3.8) is 0 Å². The highest BCUT2D eigenvalue weighted by atomic mass is 35.5. The minimum atomic E-state index is -3.72. The van der Waals surface area contributed by atoms with Crippen molar-refractivity contribution in [2.75, 3.05) is 36.9 Å². The summed E-state index contributed by atoms with van der Waals surface area (Å²) in [5.41, 5.74) is 1.30. The summed E-state index contributed by atoms with van der Waals surface area (Å²) in [7, 11) is -1.90. The van der Waals surface area contributed by atoms with E-state index in [0.29, 0.717) is 18.8 Å². The maximum atomic E-state index is 12.7. The third-order valence-corrected chi connectivity index (χ3v) is 6.65. The van der Waals surface area contributed by atoms with Crippen LogP contribution in [0, 0.1) is 0 Å². The Morgan fingerprint density at radius 1 is 1.07 bits per heavy atom. The number of hydrogen-bond acceptors (Lipinski definition) is 4. The monoisotopic (exact) mass is 409 g/mol. The second kappa shape index (κ2) is 9.21. The first kappa shape index (κ1) is 21.2.